The minimum absolute atomic E-state index is 0.0898. The highest BCUT2D eigenvalue weighted by Crippen LogP contribution is 2.15. The maximum Gasteiger partial charge on any atom is 0.271 e. The molecule has 9 heteroatoms. The van der Waals surface area contributed by atoms with Crippen molar-refractivity contribution in [1.82, 2.24) is 20.8 Å². The van der Waals surface area contributed by atoms with E-state index in [1.807, 2.05) is 0 Å². The normalized spacial score (nSPS) is 10.0. The molecule has 0 radical (unpaired) electrons. The molecule has 1 heterocycles. The monoisotopic (exact) mass is 350 g/mol. The van der Waals surface area contributed by atoms with Crippen LogP contribution in [0.15, 0.2) is 41.2 Å². The second-order valence-electron chi connectivity index (χ2n) is 4.65. The van der Waals surface area contributed by atoms with Gasteiger partial charge in [-0.05, 0) is 30.3 Å². The highest BCUT2D eigenvalue weighted by Gasteiger charge is 2.07. The Morgan fingerprint density at radius 2 is 1.79 bits per heavy atom. The highest BCUT2D eigenvalue weighted by molar-refractivity contribution is 6.30. The highest BCUT2D eigenvalue weighted by atomic mass is 35.5. The van der Waals surface area contributed by atoms with Crippen molar-refractivity contribution in [3.8, 4) is 5.75 Å². The van der Waals surface area contributed by atoms with Crippen LogP contribution in [-0.4, -0.2) is 41.7 Å². The zero-order valence-electron chi connectivity index (χ0n) is 12.5. The third kappa shape index (κ3) is 5.73. The number of carbonyl (C=O) groups is 2. The molecule has 0 saturated carbocycles. The first-order chi connectivity index (χ1) is 11.5. The first-order valence-corrected chi connectivity index (χ1v) is 7.41. The Morgan fingerprint density at radius 1 is 1.08 bits per heavy atom. The maximum atomic E-state index is 11.7. The van der Waals surface area contributed by atoms with E-state index in [0.717, 1.165) is 0 Å². The molecule has 2 aromatic rings. The summed E-state index contributed by atoms with van der Waals surface area (Å²) in [5.74, 6) is -0.230. The summed E-state index contributed by atoms with van der Waals surface area (Å²) in [6, 6.07) is 9.16. The van der Waals surface area contributed by atoms with Gasteiger partial charge in [0.2, 0.25) is 0 Å². The van der Waals surface area contributed by atoms with E-state index in [9.17, 15) is 14.4 Å². The quantitative estimate of drug-likeness (QED) is 0.623. The summed E-state index contributed by atoms with van der Waals surface area (Å²) in [5, 5.41) is 11.5. The lowest BCUT2D eigenvalue weighted by Crippen LogP contribution is -2.37. The zero-order chi connectivity index (χ0) is 17.4. The minimum Gasteiger partial charge on any atom is -0.484 e. The first-order valence-electron chi connectivity index (χ1n) is 7.03. The van der Waals surface area contributed by atoms with E-state index in [2.05, 4.69) is 20.8 Å². The van der Waals surface area contributed by atoms with Gasteiger partial charge in [-0.3, -0.25) is 14.4 Å². The molecule has 0 atom stereocenters. The number of carbonyl (C=O) groups excluding carboxylic acids is 2. The third-order valence-corrected chi connectivity index (χ3v) is 3.08. The maximum absolute atomic E-state index is 11.7. The van der Waals surface area contributed by atoms with Crippen molar-refractivity contribution < 1.29 is 14.3 Å². The fourth-order valence-corrected chi connectivity index (χ4v) is 1.80. The van der Waals surface area contributed by atoms with E-state index in [4.69, 9.17) is 16.3 Å². The zero-order valence-corrected chi connectivity index (χ0v) is 13.3. The Kier molecular flexibility index (Phi) is 6.32. The number of hydrogen-bond acceptors (Lipinski definition) is 5. The molecule has 0 unspecified atom stereocenters. The molecule has 0 spiro atoms. The summed E-state index contributed by atoms with van der Waals surface area (Å²) < 4.78 is 5.28. The lowest BCUT2D eigenvalue weighted by Gasteiger charge is -2.08. The smallest absolute Gasteiger partial charge is 0.271 e. The van der Waals surface area contributed by atoms with Crippen LogP contribution in [0.4, 0.5) is 0 Å². The summed E-state index contributed by atoms with van der Waals surface area (Å²) in [7, 11) is 0. The Bertz CT molecular complexity index is 740. The van der Waals surface area contributed by atoms with Gasteiger partial charge in [-0.2, -0.15) is 5.10 Å². The van der Waals surface area contributed by atoms with E-state index >= 15 is 0 Å². The number of rotatable bonds is 7. The van der Waals surface area contributed by atoms with Crippen LogP contribution in [0.5, 0.6) is 5.75 Å². The molecule has 0 aliphatic heterocycles. The van der Waals surface area contributed by atoms with Crippen LogP contribution < -0.4 is 20.9 Å². The van der Waals surface area contributed by atoms with Gasteiger partial charge in [0.1, 0.15) is 11.4 Å². The van der Waals surface area contributed by atoms with Gasteiger partial charge in [-0.25, -0.2) is 5.10 Å². The van der Waals surface area contributed by atoms with Crippen LogP contribution >= 0.6 is 11.6 Å². The standard InChI is InChI=1S/C15H15ClN4O4/c16-10-1-3-11(4-2-10)24-9-14(22)17-7-8-18-15(23)12-5-6-13(21)20-19-12/h1-6H,7-9H2,(H,17,22)(H,18,23)(H,20,21). The van der Waals surface area contributed by atoms with Crippen molar-refractivity contribution in [2.45, 2.75) is 0 Å². The predicted molar refractivity (Wildman–Crippen MR) is 87.1 cm³/mol. The number of halogens is 1. The molecule has 8 nitrogen and oxygen atoms in total. The van der Waals surface area contributed by atoms with E-state index in [-0.39, 0.29) is 36.9 Å². The van der Waals surface area contributed by atoms with E-state index in [1.165, 1.54) is 12.1 Å². The van der Waals surface area contributed by atoms with Crippen molar-refractivity contribution in [3.05, 3.63) is 57.5 Å². The summed E-state index contributed by atoms with van der Waals surface area (Å²) in [4.78, 5) is 34.1. The van der Waals surface area contributed by atoms with Crippen molar-refractivity contribution in [1.29, 1.82) is 0 Å². The van der Waals surface area contributed by atoms with Gasteiger partial charge in [0, 0.05) is 24.2 Å². The molecule has 126 valence electrons. The van der Waals surface area contributed by atoms with Gasteiger partial charge < -0.3 is 15.4 Å². The van der Waals surface area contributed by atoms with Gasteiger partial charge in [-0.15, -0.1) is 0 Å². The van der Waals surface area contributed by atoms with E-state index in [0.29, 0.717) is 10.8 Å². The van der Waals surface area contributed by atoms with Crippen LogP contribution in [0, 0.1) is 0 Å². The van der Waals surface area contributed by atoms with Crippen molar-refractivity contribution in [2.24, 2.45) is 0 Å². The Labute approximate surface area is 142 Å². The van der Waals surface area contributed by atoms with Crippen LogP contribution in [0.2, 0.25) is 5.02 Å². The largest absolute Gasteiger partial charge is 0.484 e. The van der Waals surface area contributed by atoms with Crippen molar-refractivity contribution in [3.63, 3.8) is 0 Å². The predicted octanol–water partition coefficient (Wildman–Crippen LogP) is 0.348. The number of hydrogen-bond donors (Lipinski definition) is 3. The fourth-order valence-electron chi connectivity index (χ4n) is 1.67. The van der Waals surface area contributed by atoms with E-state index < -0.39 is 5.91 Å². The molecule has 1 aromatic carbocycles. The topological polar surface area (TPSA) is 113 Å². The molecule has 2 rings (SSSR count). The molecule has 24 heavy (non-hydrogen) atoms. The molecule has 0 aliphatic rings. The first kappa shape index (κ1) is 17.5. The van der Waals surface area contributed by atoms with Crippen LogP contribution in [0.25, 0.3) is 0 Å². The molecule has 0 aliphatic carbocycles. The van der Waals surface area contributed by atoms with Gasteiger partial charge >= 0.3 is 0 Å². The van der Waals surface area contributed by atoms with Crippen LogP contribution in [0.1, 0.15) is 10.5 Å². The number of nitrogens with zero attached hydrogens (tertiary/aromatic N) is 1. The van der Waals surface area contributed by atoms with Crippen LogP contribution in [0.3, 0.4) is 0 Å². The molecule has 1 aromatic heterocycles. The lowest BCUT2D eigenvalue weighted by atomic mass is 10.3. The summed E-state index contributed by atoms with van der Waals surface area (Å²) in [6.45, 7) is 0.307. The fraction of sp³-hybridized carbons (Fsp3) is 0.200. The van der Waals surface area contributed by atoms with Gasteiger partial charge in [0.05, 0.1) is 0 Å². The molecule has 3 N–H and O–H groups in total. The van der Waals surface area contributed by atoms with Gasteiger partial charge in [-0.1, -0.05) is 11.6 Å². The molecule has 0 saturated heterocycles. The molecule has 0 fully saturated rings. The number of aromatic nitrogens is 2. The molecule has 2 amide bonds. The number of benzene rings is 1. The second-order valence-corrected chi connectivity index (χ2v) is 5.09. The molecular weight excluding hydrogens is 336 g/mol. The Balaban J connectivity index is 1.63. The Hall–Kier alpha value is -2.87. The number of ether oxygens (including phenoxy) is 1. The summed E-state index contributed by atoms with van der Waals surface area (Å²) >= 11 is 5.75. The number of nitrogens with one attached hydrogen (secondary N) is 3. The number of aromatic amines is 1. The lowest BCUT2D eigenvalue weighted by molar-refractivity contribution is -0.123. The SMILES string of the molecule is O=C(COc1ccc(Cl)cc1)NCCNC(=O)c1ccc(=O)[nH]n1. The summed E-state index contributed by atoms with van der Waals surface area (Å²) in [6.07, 6.45) is 0. The van der Waals surface area contributed by atoms with Gasteiger partial charge in [0.15, 0.2) is 6.61 Å². The molecule has 0 bridgehead atoms. The van der Waals surface area contributed by atoms with Crippen molar-refractivity contribution in [2.75, 3.05) is 19.7 Å². The summed E-state index contributed by atoms with van der Waals surface area (Å²) in [5.41, 5.74) is -0.300. The van der Waals surface area contributed by atoms with Crippen LogP contribution in [-0.2, 0) is 4.79 Å². The van der Waals surface area contributed by atoms with Gasteiger partial charge in [0.25, 0.3) is 17.4 Å². The van der Waals surface area contributed by atoms with E-state index in [1.54, 1.807) is 24.3 Å². The minimum atomic E-state index is -0.446. The number of amides is 2. The second kappa shape index (κ2) is 8.68. The molecular formula is C15H15ClN4O4. The average molecular weight is 351 g/mol. The number of H-pyrrole nitrogens is 1. The third-order valence-electron chi connectivity index (χ3n) is 2.83. The average Bonchev–Trinajstić information content (AvgIpc) is 2.58. The Morgan fingerprint density at radius 3 is 2.46 bits per heavy atom. The van der Waals surface area contributed by atoms with Crippen molar-refractivity contribution >= 4 is 23.4 Å².